The van der Waals surface area contributed by atoms with Crippen molar-refractivity contribution in [2.45, 2.75) is 0 Å². The summed E-state index contributed by atoms with van der Waals surface area (Å²) in [6, 6.07) is 62.0. The molecule has 0 aliphatic rings. The third-order valence-corrected chi connectivity index (χ3v) is 12.3. The van der Waals surface area contributed by atoms with Crippen LogP contribution < -0.4 is 0 Å². The second-order valence-electron chi connectivity index (χ2n) is 14.2. The highest BCUT2D eigenvalue weighted by Gasteiger charge is 2.24. The summed E-state index contributed by atoms with van der Waals surface area (Å²) in [5.41, 5.74) is 7.05. The Morgan fingerprint density at radius 1 is 0.393 bits per heavy atom. The van der Waals surface area contributed by atoms with E-state index >= 15 is 0 Å². The number of hydrogen-bond donors (Lipinski definition) is 0. The van der Waals surface area contributed by atoms with E-state index in [1.165, 1.54) is 26.6 Å². The Kier molecular flexibility index (Phi) is 6.76. The van der Waals surface area contributed by atoms with Gasteiger partial charge in [0.05, 0.1) is 4.70 Å². The molecule has 0 radical (unpaired) electrons. The van der Waals surface area contributed by atoms with Gasteiger partial charge in [-0.2, -0.15) is 0 Å². The molecular weight excluding hydrogens is 703 g/mol. The Morgan fingerprint density at radius 2 is 0.964 bits per heavy atom. The zero-order chi connectivity index (χ0) is 36.7. The molecule has 4 nitrogen and oxygen atoms in total. The molecule has 12 aromatic rings. The monoisotopic (exact) mass is 731 g/mol. The number of nitrogens with zero attached hydrogens (tertiary/aromatic N) is 3. The van der Waals surface area contributed by atoms with Gasteiger partial charge in [0.2, 0.25) is 0 Å². The molecule has 9 aromatic carbocycles. The zero-order valence-corrected chi connectivity index (χ0v) is 30.7. The van der Waals surface area contributed by atoms with Crippen molar-refractivity contribution in [1.82, 2.24) is 15.0 Å². The number of fused-ring (bicyclic) bond motifs is 10. The number of aromatic nitrogens is 3. The summed E-state index contributed by atoms with van der Waals surface area (Å²) < 4.78 is 8.92. The first-order chi connectivity index (χ1) is 27.8. The van der Waals surface area contributed by atoms with Crippen molar-refractivity contribution < 1.29 is 4.42 Å². The topological polar surface area (TPSA) is 51.8 Å². The van der Waals surface area contributed by atoms with Gasteiger partial charge in [-0.1, -0.05) is 158 Å². The maximum Gasteiger partial charge on any atom is 0.165 e. The van der Waals surface area contributed by atoms with Crippen LogP contribution in [0, 0.1) is 0 Å². The van der Waals surface area contributed by atoms with E-state index in [2.05, 4.69) is 146 Å². The average Bonchev–Trinajstić information content (AvgIpc) is 3.84. The molecule has 3 aromatic heterocycles. The van der Waals surface area contributed by atoms with E-state index in [4.69, 9.17) is 19.4 Å². The molecule has 0 spiro atoms. The Hall–Kier alpha value is -7.21. The number of benzene rings is 9. The summed E-state index contributed by atoms with van der Waals surface area (Å²) in [4.78, 5) is 16.1. The van der Waals surface area contributed by atoms with E-state index in [0.29, 0.717) is 17.5 Å². The maximum atomic E-state index is 6.63. The standard InChI is InChI=1S/C51H29N3OS/c1-2-16-31(17-3-1)49-52-50(41-29-40-33-20-10-12-27-42(33)55-47(40)46-39-25-11-13-28-43(39)56-48(41)46)54-51(53-49)45-37-23-8-6-21-35(37)44(36-22-7-9-24-38(36)45)34-26-14-18-30-15-4-5-19-32(30)34/h1-29H. The van der Waals surface area contributed by atoms with Crippen LogP contribution in [0.15, 0.2) is 180 Å². The second kappa shape index (κ2) is 12.2. The minimum Gasteiger partial charge on any atom is -0.455 e. The molecule has 0 aliphatic carbocycles. The predicted octanol–water partition coefficient (Wildman–Crippen LogP) is 14.3. The van der Waals surface area contributed by atoms with Crippen LogP contribution >= 0.6 is 11.3 Å². The van der Waals surface area contributed by atoms with Gasteiger partial charge in [0.15, 0.2) is 17.5 Å². The first-order valence-electron chi connectivity index (χ1n) is 18.8. The highest BCUT2D eigenvalue weighted by molar-refractivity contribution is 7.26. The summed E-state index contributed by atoms with van der Waals surface area (Å²) in [6.07, 6.45) is 0. The van der Waals surface area contributed by atoms with Crippen LogP contribution in [-0.4, -0.2) is 15.0 Å². The van der Waals surface area contributed by atoms with E-state index in [9.17, 15) is 0 Å². The molecule has 0 aliphatic heterocycles. The molecule has 5 heteroatoms. The molecule has 0 saturated carbocycles. The first kappa shape index (κ1) is 31.2. The number of thiophene rings is 1. The molecule has 0 unspecified atom stereocenters. The van der Waals surface area contributed by atoms with Gasteiger partial charge in [0.25, 0.3) is 0 Å². The van der Waals surface area contributed by atoms with Gasteiger partial charge in [0.1, 0.15) is 11.2 Å². The lowest BCUT2D eigenvalue weighted by Gasteiger charge is -2.18. The quantitative estimate of drug-likeness (QED) is 0.169. The van der Waals surface area contributed by atoms with E-state index in [1.54, 1.807) is 11.3 Å². The molecule has 0 saturated heterocycles. The van der Waals surface area contributed by atoms with Crippen LogP contribution in [0.3, 0.4) is 0 Å². The number of para-hydroxylation sites is 1. The van der Waals surface area contributed by atoms with Crippen molar-refractivity contribution in [2.75, 3.05) is 0 Å². The summed E-state index contributed by atoms with van der Waals surface area (Å²) in [7, 11) is 0. The Labute approximate surface area is 325 Å². The third kappa shape index (κ3) is 4.62. The molecule has 0 atom stereocenters. The van der Waals surface area contributed by atoms with Crippen molar-refractivity contribution in [3.8, 4) is 45.3 Å². The summed E-state index contributed by atoms with van der Waals surface area (Å²) in [5.74, 6) is 1.89. The van der Waals surface area contributed by atoms with Crippen LogP contribution in [0.5, 0.6) is 0 Å². The molecule has 12 rings (SSSR count). The zero-order valence-electron chi connectivity index (χ0n) is 29.9. The van der Waals surface area contributed by atoms with Crippen LogP contribution in [0.4, 0.5) is 0 Å². The van der Waals surface area contributed by atoms with Crippen molar-refractivity contribution in [2.24, 2.45) is 0 Å². The Bertz CT molecular complexity index is 3490. The van der Waals surface area contributed by atoms with Gasteiger partial charge >= 0.3 is 0 Å². The summed E-state index contributed by atoms with van der Waals surface area (Å²) >= 11 is 1.76. The Balaban J connectivity index is 1.21. The largest absolute Gasteiger partial charge is 0.455 e. The Morgan fingerprint density at radius 3 is 1.73 bits per heavy atom. The lowest BCUT2D eigenvalue weighted by atomic mass is 9.86. The smallest absolute Gasteiger partial charge is 0.165 e. The van der Waals surface area contributed by atoms with Crippen LogP contribution in [0.1, 0.15) is 0 Å². The van der Waals surface area contributed by atoms with E-state index in [1.807, 2.05) is 30.3 Å². The third-order valence-electron chi connectivity index (χ3n) is 11.1. The highest BCUT2D eigenvalue weighted by Crippen LogP contribution is 2.48. The number of furan rings is 1. The maximum absolute atomic E-state index is 6.63. The van der Waals surface area contributed by atoms with Crippen molar-refractivity contribution in [1.29, 1.82) is 0 Å². The van der Waals surface area contributed by atoms with Gasteiger partial charge in [-0.3, -0.25) is 0 Å². The number of hydrogen-bond acceptors (Lipinski definition) is 5. The first-order valence-corrected chi connectivity index (χ1v) is 19.6. The van der Waals surface area contributed by atoms with Crippen LogP contribution in [0.2, 0.25) is 0 Å². The van der Waals surface area contributed by atoms with Crippen LogP contribution in [-0.2, 0) is 0 Å². The summed E-state index contributed by atoms with van der Waals surface area (Å²) in [5, 5.41) is 11.3. The van der Waals surface area contributed by atoms with Gasteiger partial charge in [-0.15, -0.1) is 11.3 Å². The normalized spacial score (nSPS) is 11.9. The van der Waals surface area contributed by atoms with Gasteiger partial charge < -0.3 is 4.42 Å². The van der Waals surface area contributed by atoms with E-state index in [0.717, 1.165) is 75.6 Å². The van der Waals surface area contributed by atoms with Gasteiger partial charge in [-0.05, 0) is 61.6 Å². The highest BCUT2D eigenvalue weighted by atomic mass is 32.1. The fraction of sp³-hybridized carbons (Fsp3) is 0. The minimum absolute atomic E-state index is 0.628. The van der Waals surface area contributed by atoms with Crippen molar-refractivity contribution in [3.63, 3.8) is 0 Å². The second-order valence-corrected chi connectivity index (χ2v) is 15.3. The predicted molar refractivity (Wildman–Crippen MR) is 234 cm³/mol. The lowest BCUT2D eigenvalue weighted by Crippen LogP contribution is -2.02. The molecule has 3 heterocycles. The van der Waals surface area contributed by atoms with Gasteiger partial charge in [0, 0.05) is 42.9 Å². The molecule has 0 fully saturated rings. The molecule has 0 amide bonds. The summed E-state index contributed by atoms with van der Waals surface area (Å²) in [6.45, 7) is 0. The fourth-order valence-electron chi connectivity index (χ4n) is 8.66. The fourth-order valence-corrected chi connectivity index (χ4v) is 9.87. The molecule has 56 heavy (non-hydrogen) atoms. The van der Waals surface area contributed by atoms with Crippen LogP contribution in [0.25, 0.3) is 120 Å². The molecular formula is C51H29N3OS. The van der Waals surface area contributed by atoms with E-state index < -0.39 is 0 Å². The molecule has 0 N–H and O–H groups in total. The number of rotatable bonds is 4. The average molecular weight is 732 g/mol. The van der Waals surface area contributed by atoms with Gasteiger partial charge in [-0.25, -0.2) is 15.0 Å². The minimum atomic E-state index is 0.628. The molecule has 0 bridgehead atoms. The van der Waals surface area contributed by atoms with E-state index in [-0.39, 0.29) is 0 Å². The SMILES string of the molecule is c1ccc(-c2nc(-c3c4ccccc4c(-c4cccc5ccccc45)c4ccccc34)nc(-c3cc4c5ccccc5oc4c4c3sc3ccccc34)n2)cc1. The lowest BCUT2D eigenvalue weighted by molar-refractivity contribution is 0.673. The van der Waals surface area contributed by atoms with Crippen molar-refractivity contribution >= 4 is 85.8 Å². The van der Waals surface area contributed by atoms with Crippen molar-refractivity contribution in [3.05, 3.63) is 176 Å². The molecule has 260 valence electrons.